The third-order valence-electron chi connectivity index (χ3n) is 6.84. The second kappa shape index (κ2) is 9.14. The van der Waals surface area contributed by atoms with Crippen LogP contribution in [0, 0.1) is 0 Å². The van der Waals surface area contributed by atoms with Crippen molar-refractivity contribution < 1.29 is 24.2 Å². The lowest BCUT2D eigenvalue weighted by atomic mass is 9.98. The van der Waals surface area contributed by atoms with Crippen molar-refractivity contribution in [2.75, 3.05) is 18.5 Å². The van der Waals surface area contributed by atoms with Crippen molar-refractivity contribution in [3.05, 3.63) is 70.7 Å². The lowest BCUT2D eigenvalue weighted by Gasteiger charge is -2.31. The first-order chi connectivity index (χ1) is 16.9. The molecule has 2 heterocycles. The van der Waals surface area contributed by atoms with Gasteiger partial charge in [-0.05, 0) is 42.0 Å². The van der Waals surface area contributed by atoms with Gasteiger partial charge in [-0.1, -0.05) is 48.5 Å². The highest BCUT2D eigenvalue weighted by Crippen LogP contribution is 2.44. The van der Waals surface area contributed by atoms with E-state index in [4.69, 9.17) is 4.74 Å². The molecule has 3 aromatic rings. The van der Waals surface area contributed by atoms with E-state index in [1.165, 1.54) is 16.2 Å². The molecular weight excluding hydrogens is 466 g/mol. The molecule has 2 aliphatic rings. The number of carbonyl (C=O) groups is 3. The van der Waals surface area contributed by atoms with Crippen LogP contribution in [0.25, 0.3) is 11.1 Å². The molecule has 1 aromatic heterocycles. The van der Waals surface area contributed by atoms with Crippen molar-refractivity contribution in [1.29, 1.82) is 0 Å². The summed E-state index contributed by atoms with van der Waals surface area (Å²) in [6.45, 7) is 2.18. The number of nitrogens with one attached hydrogen (secondary N) is 1. The van der Waals surface area contributed by atoms with E-state index in [2.05, 4.69) is 34.6 Å². The van der Waals surface area contributed by atoms with Crippen molar-refractivity contribution in [3.8, 4) is 11.1 Å². The van der Waals surface area contributed by atoms with Crippen LogP contribution in [0.15, 0.2) is 53.9 Å². The summed E-state index contributed by atoms with van der Waals surface area (Å²) < 4.78 is 5.55. The maximum absolute atomic E-state index is 12.7. The Morgan fingerprint density at radius 2 is 1.80 bits per heavy atom. The second-order valence-corrected chi connectivity index (χ2v) is 9.86. The maximum atomic E-state index is 12.7. The van der Waals surface area contributed by atoms with Gasteiger partial charge < -0.3 is 14.7 Å². The first kappa shape index (κ1) is 23.0. The molecule has 180 valence electrons. The first-order valence-corrected chi connectivity index (χ1v) is 12.3. The van der Waals surface area contributed by atoms with Gasteiger partial charge in [-0.2, -0.15) is 0 Å². The van der Waals surface area contributed by atoms with E-state index in [9.17, 15) is 19.5 Å². The van der Waals surface area contributed by atoms with E-state index >= 15 is 0 Å². The Labute approximate surface area is 206 Å². The Morgan fingerprint density at radius 3 is 2.46 bits per heavy atom. The SMILES string of the molecule is C[C@]1(C(=O)O)CCCN1C(=O)Cc1csc(NC(=O)OCC2c3ccccc3-c3ccccc32)n1. The van der Waals surface area contributed by atoms with Crippen LogP contribution in [0.4, 0.5) is 9.93 Å². The van der Waals surface area contributed by atoms with E-state index in [-0.39, 0.29) is 24.9 Å². The number of aromatic nitrogens is 1. The fourth-order valence-corrected chi connectivity index (χ4v) is 5.70. The number of hydrogen-bond acceptors (Lipinski definition) is 6. The summed E-state index contributed by atoms with van der Waals surface area (Å²) in [5.41, 5.74) is 3.87. The molecule has 0 radical (unpaired) electrons. The molecule has 1 atom stereocenters. The number of likely N-dealkylation sites (tertiary alicyclic amines) is 1. The molecule has 1 fully saturated rings. The largest absolute Gasteiger partial charge is 0.480 e. The van der Waals surface area contributed by atoms with Crippen LogP contribution in [0.1, 0.15) is 42.5 Å². The van der Waals surface area contributed by atoms with Gasteiger partial charge in [0.05, 0.1) is 12.1 Å². The molecule has 2 amide bonds. The number of carbonyl (C=O) groups excluding carboxylic acids is 2. The average molecular weight is 492 g/mol. The maximum Gasteiger partial charge on any atom is 0.413 e. The van der Waals surface area contributed by atoms with Crippen molar-refractivity contribution in [1.82, 2.24) is 9.88 Å². The summed E-state index contributed by atoms with van der Waals surface area (Å²) in [7, 11) is 0. The Balaban J connectivity index is 1.19. The monoisotopic (exact) mass is 491 g/mol. The standard InChI is InChI=1S/C26H25N3O5S/c1-26(23(31)32)11-6-12-29(26)22(30)13-16-15-35-24(27-16)28-25(33)34-14-21-19-9-4-2-7-17(19)18-8-3-5-10-20(18)21/h2-5,7-10,15,21H,6,11-14H2,1H3,(H,31,32)(H,27,28,33)/t26-/m1/s1. The number of fused-ring (bicyclic) bond motifs is 3. The number of benzene rings is 2. The topological polar surface area (TPSA) is 109 Å². The van der Waals surface area contributed by atoms with Gasteiger partial charge in [-0.25, -0.2) is 14.6 Å². The first-order valence-electron chi connectivity index (χ1n) is 11.5. The van der Waals surface area contributed by atoms with E-state index in [1.54, 1.807) is 12.3 Å². The number of anilines is 1. The zero-order valence-electron chi connectivity index (χ0n) is 19.2. The lowest BCUT2D eigenvalue weighted by Crippen LogP contribution is -2.51. The van der Waals surface area contributed by atoms with Gasteiger partial charge in [0.2, 0.25) is 5.91 Å². The highest BCUT2D eigenvalue weighted by atomic mass is 32.1. The molecule has 2 aromatic carbocycles. The summed E-state index contributed by atoms with van der Waals surface area (Å²) in [5, 5.41) is 14.2. The molecular formula is C26H25N3O5S. The molecule has 5 rings (SSSR count). The van der Waals surface area contributed by atoms with Gasteiger partial charge >= 0.3 is 12.1 Å². The van der Waals surface area contributed by atoms with Crippen LogP contribution < -0.4 is 5.32 Å². The number of rotatable bonds is 6. The molecule has 8 nitrogen and oxygen atoms in total. The van der Waals surface area contributed by atoms with Gasteiger partial charge in [-0.15, -0.1) is 11.3 Å². The number of amides is 2. The van der Waals surface area contributed by atoms with Crippen LogP contribution >= 0.6 is 11.3 Å². The number of carboxylic acid groups (broad SMARTS) is 1. The van der Waals surface area contributed by atoms with Gasteiger partial charge in [0.15, 0.2) is 5.13 Å². The Morgan fingerprint density at radius 1 is 1.14 bits per heavy atom. The fourth-order valence-electron chi connectivity index (χ4n) is 5.00. The zero-order chi connectivity index (χ0) is 24.6. The molecule has 0 unspecified atom stereocenters. The molecule has 1 aliphatic carbocycles. The van der Waals surface area contributed by atoms with Crippen molar-refractivity contribution in [2.45, 2.75) is 37.6 Å². The van der Waals surface area contributed by atoms with Gasteiger partial charge in [0.1, 0.15) is 12.1 Å². The fraction of sp³-hybridized carbons (Fsp3) is 0.308. The quantitative estimate of drug-likeness (QED) is 0.525. The summed E-state index contributed by atoms with van der Waals surface area (Å²) in [4.78, 5) is 42.6. The minimum atomic E-state index is -1.19. The second-order valence-electron chi connectivity index (χ2n) is 9.00. The molecule has 0 saturated carbocycles. The zero-order valence-corrected chi connectivity index (χ0v) is 20.0. The Bertz CT molecular complexity index is 1260. The van der Waals surface area contributed by atoms with E-state index in [0.717, 1.165) is 22.3 Å². The van der Waals surface area contributed by atoms with E-state index in [1.807, 2.05) is 24.3 Å². The van der Waals surface area contributed by atoms with Crippen LogP contribution in [0.3, 0.4) is 0 Å². The molecule has 2 N–H and O–H groups in total. The predicted molar refractivity (Wildman–Crippen MR) is 131 cm³/mol. The summed E-state index contributed by atoms with van der Waals surface area (Å²) in [6, 6.07) is 16.2. The smallest absolute Gasteiger partial charge is 0.413 e. The predicted octanol–water partition coefficient (Wildman–Crippen LogP) is 4.51. The third kappa shape index (κ3) is 4.27. The van der Waals surface area contributed by atoms with Crippen LogP contribution in [-0.2, 0) is 20.7 Å². The number of aliphatic carboxylic acids is 1. The van der Waals surface area contributed by atoms with E-state index < -0.39 is 17.6 Å². The minimum Gasteiger partial charge on any atom is -0.480 e. The highest BCUT2D eigenvalue weighted by Gasteiger charge is 2.45. The summed E-state index contributed by atoms with van der Waals surface area (Å²) >= 11 is 1.19. The molecule has 0 spiro atoms. The number of carboxylic acids is 1. The van der Waals surface area contributed by atoms with Crippen molar-refractivity contribution >= 4 is 34.4 Å². The van der Waals surface area contributed by atoms with Gasteiger partial charge in [-0.3, -0.25) is 10.1 Å². The van der Waals surface area contributed by atoms with Crippen molar-refractivity contribution in [2.24, 2.45) is 0 Å². The number of nitrogens with zero attached hydrogens (tertiary/aromatic N) is 2. The van der Waals surface area contributed by atoms with Crippen molar-refractivity contribution in [3.63, 3.8) is 0 Å². The number of hydrogen-bond donors (Lipinski definition) is 2. The average Bonchev–Trinajstić information content (AvgIpc) is 3.54. The summed E-state index contributed by atoms with van der Waals surface area (Å²) in [5.74, 6) is -1.33. The highest BCUT2D eigenvalue weighted by molar-refractivity contribution is 7.13. The number of ether oxygens (including phenoxy) is 1. The van der Waals surface area contributed by atoms with Crippen LogP contribution in [0.5, 0.6) is 0 Å². The van der Waals surface area contributed by atoms with Crippen LogP contribution in [-0.4, -0.2) is 51.7 Å². The normalized spacial score (nSPS) is 18.7. The molecule has 1 saturated heterocycles. The minimum absolute atomic E-state index is 0.0221. The Hall–Kier alpha value is -3.72. The van der Waals surface area contributed by atoms with E-state index in [0.29, 0.717) is 30.2 Å². The van der Waals surface area contributed by atoms with Gasteiger partial charge in [0, 0.05) is 17.8 Å². The molecule has 1 aliphatic heterocycles. The molecule has 0 bridgehead atoms. The number of thiazole rings is 1. The van der Waals surface area contributed by atoms with Crippen LogP contribution in [0.2, 0.25) is 0 Å². The van der Waals surface area contributed by atoms with Gasteiger partial charge in [0.25, 0.3) is 0 Å². The molecule has 35 heavy (non-hydrogen) atoms. The third-order valence-corrected chi connectivity index (χ3v) is 7.65. The Kier molecular flexibility index (Phi) is 6.02. The molecule has 9 heteroatoms. The lowest BCUT2D eigenvalue weighted by molar-refractivity contribution is -0.155. The summed E-state index contributed by atoms with van der Waals surface area (Å²) in [6.07, 6.45) is 0.447.